The molecule has 6 nitrogen and oxygen atoms in total. The first-order chi connectivity index (χ1) is 12.0. The van der Waals surface area contributed by atoms with Gasteiger partial charge < -0.3 is 10.4 Å². The van der Waals surface area contributed by atoms with Crippen molar-refractivity contribution in [3.8, 4) is 0 Å². The standard InChI is InChI=1S/C19H25N3O3/c1-4-15(5-2)22-13(3)16(12-20-22)18(23)21-17(19(24)25)11-14-9-7-6-8-10-14/h6-10,12,15,17H,4-5,11H2,1-3H3,(H,21,23)(H,24,25)/t17-/m1/s1. The second-order valence-corrected chi connectivity index (χ2v) is 6.11. The third-order valence-corrected chi connectivity index (χ3v) is 4.46. The van der Waals surface area contributed by atoms with Crippen molar-refractivity contribution in [3.05, 3.63) is 53.3 Å². The number of nitrogens with one attached hydrogen (secondary N) is 1. The summed E-state index contributed by atoms with van der Waals surface area (Å²) in [7, 11) is 0. The third-order valence-electron chi connectivity index (χ3n) is 4.46. The number of rotatable bonds is 8. The Hall–Kier alpha value is -2.63. The Morgan fingerprint density at radius 2 is 1.84 bits per heavy atom. The zero-order valence-electron chi connectivity index (χ0n) is 14.9. The minimum atomic E-state index is -1.05. The Morgan fingerprint density at radius 3 is 2.40 bits per heavy atom. The zero-order chi connectivity index (χ0) is 18.4. The molecule has 1 aromatic heterocycles. The monoisotopic (exact) mass is 343 g/mol. The van der Waals surface area contributed by atoms with Crippen LogP contribution >= 0.6 is 0 Å². The highest BCUT2D eigenvalue weighted by Crippen LogP contribution is 2.19. The second kappa shape index (κ2) is 8.46. The number of amides is 1. The number of carbonyl (C=O) groups excluding carboxylic acids is 1. The largest absolute Gasteiger partial charge is 0.480 e. The first-order valence-corrected chi connectivity index (χ1v) is 8.59. The molecule has 2 aromatic rings. The van der Waals surface area contributed by atoms with Gasteiger partial charge in [0.25, 0.3) is 5.91 Å². The molecule has 1 aromatic carbocycles. The Labute approximate surface area is 147 Å². The number of carbonyl (C=O) groups is 2. The van der Waals surface area contributed by atoms with Crippen molar-refractivity contribution < 1.29 is 14.7 Å². The number of carboxylic acids is 1. The van der Waals surface area contributed by atoms with Crippen LogP contribution in [-0.4, -0.2) is 32.8 Å². The van der Waals surface area contributed by atoms with Crippen molar-refractivity contribution in [1.29, 1.82) is 0 Å². The number of hydrogen-bond acceptors (Lipinski definition) is 3. The molecule has 25 heavy (non-hydrogen) atoms. The van der Waals surface area contributed by atoms with Gasteiger partial charge in [-0.15, -0.1) is 0 Å². The van der Waals surface area contributed by atoms with Crippen LogP contribution in [0.5, 0.6) is 0 Å². The number of aliphatic carboxylic acids is 1. The molecule has 0 saturated heterocycles. The van der Waals surface area contributed by atoms with Crippen molar-refractivity contribution in [2.24, 2.45) is 0 Å². The lowest BCUT2D eigenvalue weighted by Crippen LogP contribution is -2.42. The van der Waals surface area contributed by atoms with E-state index in [-0.39, 0.29) is 12.5 Å². The summed E-state index contributed by atoms with van der Waals surface area (Å²) in [5.74, 6) is -1.46. The van der Waals surface area contributed by atoms with Crippen molar-refractivity contribution in [2.75, 3.05) is 0 Å². The molecule has 1 amide bonds. The molecule has 0 aliphatic rings. The van der Waals surface area contributed by atoms with Crippen molar-refractivity contribution in [2.45, 2.75) is 52.1 Å². The van der Waals surface area contributed by atoms with Crippen LogP contribution < -0.4 is 5.32 Å². The van der Waals surface area contributed by atoms with Gasteiger partial charge in [0.05, 0.1) is 17.8 Å². The number of carboxylic acid groups (broad SMARTS) is 1. The first kappa shape index (κ1) is 18.7. The Bertz CT molecular complexity index is 721. The summed E-state index contributed by atoms with van der Waals surface area (Å²) in [6.07, 6.45) is 3.60. The van der Waals surface area contributed by atoms with E-state index in [0.717, 1.165) is 24.1 Å². The molecule has 2 N–H and O–H groups in total. The van der Waals surface area contributed by atoms with Gasteiger partial charge in [-0.2, -0.15) is 5.10 Å². The lowest BCUT2D eigenvalue weighted by molar-refractivity contribution is -0.139. The van der Waals surface area contributed by atoms with Gasteiger partial charge in [-0.05, 0) is 25.3 Å². The Morgan fingerprint density at radius 1 is 1.20 bits per heavy atom. The summed E-state index contributed by atoms with van der Waals surface area (Å²) in [5, 5.41) is 16.4. The van der Waals surface area contributed by atoms with Crippen LogP contribution in [0.25, 0.3) is 0 Å². The predicted octanol–water partition coefficient (Wildman–Crippen LogP) is 2.98. The summed E-state index contributed by atoms with van der Waals surface area (Å²) in [4.78, 5) is 24.1. The molecule has 0 fully saturated rings. The third kappa shape index (κ3) is 4.47. The highest BCUT2D eigenvalue weighted by atomic mass is 16.4. The van der Waals surface area contributed by atoms with E-state index in [4.69, 9.17) is 0 Å². The SMILES string of the molecule is CCC(CC)n1ncc(C(=O)N[C@H](Cc2ccccc2)C(=O)O)c1C. The van der Waals surface area contributed by atoms with E-state index < -0.39 is 17.9 Å². The number of aromatic nitrogens is 2. The molecular formula is C19H25N3O3. The van der Waals surface area contributed by atoms with Gasteiger partial charge >= 0.3 is 5.97 Å². The van der Waals surface area contributed by atoms with Crippen LogP contribution in [0.1, 0.15) is 54.3 Å². The average Bonchev–Trinajstić information content (AvgIpc) is 2.98. The van der Waals surface area contributed by atoms with Crippen molar-refractivity contribution in [1.82, 2.24) is 15.1 Å². The Balaban J connectivity index is 2.15. The van der Waals surface area contributed by atoms with Gasteiger partial charge in [0.1, 0.15) is 6.04 Å². The van der Waals surface area contributed by atoms with E-state index in [1.165, 1.54) is 6.20 Å². The topological polar surface area (TPSA) is 84.2 Å². The normalized spacial score (nSPS) is 12.2. The highest BCUT2D eigenvalue weighted by Gasteiger charge is 2.24. The highest BCUT2D eigenvalue weighted by molar-refractivity contribution is 5.97. The number of hydrogen-bond donors (Lipinski definition) is 2. The predicted molar refractivity (Wildman–Crippen MR) is 95.6 cm³/mol. The lowest BCUT2D eigenvalue weighted by atomic mass is 10.1. The van der Waals surface area contributed by atoms with Crippen LogP contribution in [0.2, 0.25) is 0 Å². The summed E-state index contributed by atoms with van der Waals surface area (Å²) in [6.45, 7) is 6.00. The first-order valence-electron chi connectivity index (χ1n) is 8.59. The summed E-state index contributed by atoms with van der Waals surface area (Å²) in [6, 6.07) is 8.51. The van der Waals surface area contributed by atoms with Gasteiger partial charge in [0.2, 0.25) is 0 Å². The molecular weight excluding hydrogens is 318 g/mol. The fourth-order valence-corrected chi connectivity index (χ4v) is 2.93. The summed E-state index contributed by atoms with van der Waals surface area (Å²) >= 11 is 0. The van der Waals surface area contributed by atoms with Gasteiger partial charge in [0.15, 0.2) is 0 Å². The molecule has 6 heteroatoms. The van der Waals surface area contributed by atoms with Gasteiger partial charge in [-0.3, -0.25) is 9.48 Å². The van der Waals surface area contributed by atoms with Crippen LogP contribution in [-0.2, 0) is 11.2 Å². The molecule has 0 bridgehead atoms. The zero-order valence-corrected chi connectivity index (χ0v) is 14.9. The maximum Gasteiger partial charge on any atom is 0.326 e. The van der Waals surface area contributed by atoms with E-state index in [2.05, 4.69) is 24.3 Å². The van der Waals surface area contributed by atoms with E-state index in [9.17, 15) is 14.7 Å². The summed E-state index contributed by atoms with van der Waals surface area (Å²) in [5.41, 5.74) is 2.04. The molecule has 1 atom stereocenters. The van der Waals surface area contributed by atoms with Crippen LogP contribution in [0.4, 0.5) is 0 Å². The molecule has 0 saturated carbocycles. The fourth-order valence-electron chi connectivity index (χ4n) is 2.93. The van der Waals surface area contributed by atoms with E-state index in [1.54, 1.807) is 0 Å². The van der Waals surface area contributed by atoms with E-state index >= 15 is 0 Å². The van der Waals surface area contributed by atoms with Crippen LogP contribution in [0.3, 0.4) is 0 Å². The average molecular weight is 343 g/mol. The minimum absolute atomic E-state index is 0.237. The lowest BCUT2D eigenvalue weighted by Gasteiger charge is -2.16. The molecule has 0 aliphatic carbocycles. The Kier molecular flexibility index (Phi) is 6.33. The second-order valence-electron chi connectivity index (χ2n) is 6.11. The van der Waals surface area contributed by atoms with E-state index in [1.807, 2.05) is 41.9 Å². The van der Waals surface area contributed by atoms with Gasteiger partial charge in [0, 0.05) is 12.1 Å². The van der Waals surface area contributed by atoms with Crippen LogP contribution in [0.15, 0.2) is 36.5 Å². The molecule has 134 valence electrons. The van der Waals surface area contributed by atoms with Crippen molar-refractivity contribution >= 4 is 11.9 Å². The van der Waals surface area contributed by atoms with Crippen LogP contribution in [0, 0.1) is 6.92 Å². The number of benzene rings is 1. The smallest absolute Gasteiger partial charge is 0.326 e. The molecule has 0 radical (unpaired) electrons. The number of nitrogens with zero attached hydrogens (tertiary/aromatic N) is 2. The fraction of sp³-hybridized carbons (Fsp3) is 0.421. The quantitative estimate of drug-likeness (QED) is 0.772. The molecule has 0 spiro atoms. The molecule has 2 rings (SSSR count). The molecule has 1 heterocycles. The molecule has 0 unspecified atom stereocenters. The maximum atomic E-state index is 12.6. The summed E-state index contributed by atoms with van der Waals surface area (Å²) < 4.78 is 1.85. The van der Waals surface area contributed by atoms with Gasteiger partial charge in [-0.25, -0.2) is 4.79 Å². The van der Waals surface area contributed by atoms with E-state index in [0.29, 0.717) is 5.56 Å². The molecule has 0 aliphatic heterocycles. The van der Waals surface area contributed by atoms with Gasteiger partial charge in [-0.1, -0.05) is 44.2 Å². The van der Waals surface area contributed by atoms with Crippen molar-refractivity contribution in [3.63, 3.8) is 0 Å². The minimum Gasteiger partial charge on any atom is -0.480 e. The maximum absolute atomic E-state index is 12.6.